The van der Waals surface area contributed by atoms with Crippen LogP contribution in [-0.4, -0.2) is 59.1 Å². The van der Waals surface area contributed by atoms with Gasteiger partial charge in [0.2, 0.25) is 5.82 Å². The third-order valence-corrected chi connectivity index (χ3v) is 5.13. The van der Waals surface area contributed by atoms with E-state index in [2.05, 4.69) is 25.8 Å². The van der Waals surface area contributed by atoms with Gasteiger partial charge in [0.1, 0.15) is 18.8 Å². The first-order valence-electron chi connectivity index (χ1n) is 7.83. The molecule has 0 aromatic carbocycles. The van der Waals surface area contributed by atoms with Crippen molar-refractivity contribution < 1.29 is 60.5 Å². The first-order chi connectivity index (χ1) is 13.3. The fourth-order valence-corrected chi connectivity index (χ4v) is 3.45. The minimum absolute atomic E-state index is 0.0923. The zero-order valence-corrected chi connectivity index (χ0v) is 15.0. The summed E-state index contributed by atoms with van der Waals surface area (Å²) in [5, 5.41) is 20.0. The number of alkyl halides is 1. The van der Waals surface area contributed by atoms with Crippen LogP contribution in [0.4, 0.5) is 8.78 Å². The van der Waals surface area contributed by atoms with E-state index in [-0.39, 0.29) is 10.8 Å². The highest BCUT2D eigenvalue weighted by Crippen LogP contribution is 2.58. The van der Waals surface area contributed by atoms with Gasteiger partial charge in [-0.3, -0.25) is 18.9 Å². The van der Waals surface area contributed by atoms with E-state index >= 15 is 4.39 Å². The molecule has 1 fully saturated rings. The second-order valence-electron chi connectivity index (χ2n) is 4.82. The van der Waals surface area contributed by atoms with Gasteiger partial charge in [0.25, 0.3) is 11.4 Å². The molecule has 0 bridgehead atoms. The van der Waals surface area contributed by atoms with Crippen LogP contribution in [0.1, 0.15) is 10.3 Å². The third kappa shape index (κ3) is 5.13. The first kappa shape index (κ1) is 18.1. The van der Waals surface area contributed by atoms with E-state index < -0.39 is 62.6 Å². The number of H-pyrrole nitrogens is 1. The Morgan fingerprint density at radius 3 is 2.63 bits per heavy atom. The molecule has 0 amide bonds. The molecule has 18 heteroatoms. The van der Waals surface area contributed by atoms with E-state index in [0.29, 0.717) is 0 Å². The van der Waals surface area contributed by atoms with Crippen LogP contribution in [0.25, 0.3) is 0 Å². The maximum atomic E-state index is 15.2. The minimum atomic E-state index is -6.06. The van der Waals surface area contributed by atoms with E-state index in [1.807, 2.05) is 0 Å². The monoisotopic (exact) mass is 459 g/mol. The number of hydrogen-bond acceptors (Lipinski definition) is 9. The topological polar surface area (TPSA) is 201 Å². The molecule has 1 aromatic heterocycles. The highest BCUT2D eigenvalue weighted by atomic mass is 32.1. The van der Waals surface area contributed by atoms with Crippen LogP contribution in [0.15, 0.2) is 11.0 Å². The fraction of sp³-hybridized carbons (Fsp3) is 0.556. The lowest BCUT2D eigenvalue weighted by molar-refractivity contribution is -0.204. The number of halogens is 2. The van der Waals surface area contributed by atoms with Crippen LogP contribution in [0.3, 0.4) is 0 Å². The number of aromatic amines is 1. The van der Waals surface area contributed by atoms with Crippen LogP contribution in [0.2, 0.25) is 0 Å². The molecular weight excluding hydrogens is 444 g/mol. The van der Waals surface area contributed by atoms with Crippen molar-refractivity contribution in [2.45, 2.75) is 24.3 Å². The summed E-state index contributed by atoms with van der Waals surface area (Å²) >= 11 is 4.62. The average Bonchev–Trinajstić information content (AvgIpc) is 2.70. The summed E-state index contributed by atoms with van der Waals surface area (Å²) in [6.45, 7) is -4.32. The van der Waals surface area contributed by atoms with Crippen molar-refractivity contribution >= 4 is 27.9 Å². The lowest BCUT2D eigenvalue weighted by Crippen LogP contribution is -2.42. The predicted molar refractivity (Wildman–Crippen MR) is 80.7 cm³/mol. The van der Waals surface area contributed by atoms with Crippen molar-refractivity contribution in [3.8, 4) is 0 Å². The Hall–Kier alpha value is -0.900. The summed E-state index contributed by atoms with van der Waals surface area (Å²) in [6, 6.07) is 0. The number of aliphatic hydroxyl groups is 2. The second kappa shape index (κ2) is 7.50. The van der Waals surface area contributed by atoms with Gasteiger partial charge < -0.3 is 29.6 Å². The van der Waals surface area contributed by atoms with Crippen LogP contribution in [0.5, 0.6) is 0 Å². The van der Waals surface area contributed by atoms with E-state index in [9.17, 15) is 33.4 Å². The van der Waals surface area contributed by atoms with Crippen molar-refractivity contribution in [3.63, 3.8) is 0 Å². The molecule has 0 saturated carbocycles. The van der Waals surface area contributed by atoms with Crippen molar-refractivity contribution in [3.05, 3.63) is 27.1 Å². The Morgan fingerprint density at radius 1 is 1.48 bits per heavy atom. The number of phosphoric acid groups is 2. The Balaban J connectivity index is 2.51. The van der Waals surface area contributed by atoms with Gasteiger partial charge in [-0.25, -0.2) is 13.5 Å². The molecule has 0 aliphatic carbocycles. The minimum Gasteiger partial charge on any atom is -0.385 e. The smallest absolute Gasteiger partial charge is 0.385 e. The third-order valence-electron chi connectivity index (χ3n) is 2.83. The lowest BCUT2D eigenvalue weighted by atomic mass is 10.1. The van der Waals surface area contributed by atoms with Gasteiger partial charge in [-0.05, 0) is 12.2 Å². The molecule has 6 N–H and O–H groups in total. The number of ether oxygens (including phenoxy) is 1. The molecule has 1 unspecified atom stereocenters. The largest absolute Gasteiger partial charge is 0.481 e. The number of rotatable bonds is 6. The molecule has 2 rings (SSSR count). The van der Waals surface area contributed by atoms with Crippen LogP contribution in [-0.2, 0) is 22.7 Å². The highest BCUT2D eigenvalue weighted by Gasteiger charge is 2.57. The number of aliphatic hydroxyl groups excluding tert-OH is 2. The van der Waals surface area contributed by atoms with E-state index in [1.165, 1.54) is 0 Å². The first-order valence-corrected chi connectivity index (χ1v) is 9.77. The van der Waals surface area contributed by atoms with Gasteiger partial charge in [0, 0.05) is 0 Å². The molecule has 1 aliphatic rings. The van der Waals surface area contributed by atoms with Gasteiger partial charge in [-0.15, -0.1) is 0 Å². The summed E-state index contributed by atoms with van der Waals surface area (Å²) in [4.78, 5) is 39.1. The molecule has 2 heterocycles. The predicted octanol–water partition coefficient (Wildman–Crippen LogP) is -0.812. The quantitative estimate of drug-likeness (QED) is 0.229. The molecule has 0 radical (unpaired) electrons. The Bertz CT molecular complexity index is 1070. The van der Waals surface area contributed by atoms with Crippen molar-refractivity contribution in [2.75, 3.05) is 6.56 Å². The Labute approximate surface area is 156 Å². The van der Waals surface area contributed by atoms with Gasteiger partial charge in [0.05, 0.1) is 10.3 Å². The average molecular weight is 459 g/mol. The normalized spacial score (nSPS) is 35.9. The van der Waals surface area contributed by atoms with Crippen LogP contribution >= 0.6 is 27.9 Å². The molecule has 13 nitrogen and oxygen atoms in total. The maximum absolute atomic E-state index is 15.2. The molecule has 0 spiro atoms. The van der Waals surface area contributed by atoms with Gasteiger partial charge in [0.15, 0.2) is 11.0 Å². The molecule has 1 aliphatic heterocycles. The lowest BCUT2D eigenvalue weighted by Gasteiger charge is -2.24. The van der Waals surface area contributed by atoms with Crippen molar-refractivity contribution in [1.29, 1.82) is 0 Å². The SMILES string of the molecule is [2H]C([2H])(OP(=O)(O)OP(=O)(O)O)[C@@]1(F)O[C@@]([2H])(n2cc(F)c(=O)[nH]c2=S)[C@H](O)[C@@H]1O. The molecular formula is C9H12F2N2O11P2S. The Morgan fingerprint density at radius 2 is 2.07 bits per heavy atom. The van der Waals surface area contributed by atoms with Crippen LogP contribution < -0.4 is 5.56 Å². The van der Waals surface area contributed by atoms with Crippen LogP contribution in [0, 0.1) is 10.6 Å². The summed E-state index contributed by atoms with van der Waals surface area (Å²) in [6.07, 6.45) is -9.06. The van der Waals surface area contributed by atoms with Gasteiger partial charge in [-0.2, -0.15) is 8.70 Å². The fourth-order valence-electron chi connectivity index (χ4n) is 1.77. The Kier molecular flexibility index (Phi) is 5.04. The van der Waals surface area contributed by atoms with Gasteiger partial charge in [-0.1, -0.05) is 0 Å². The van der Waals surface area contributed by atoms with E-state index in [1.54, 1.807) is 4.98 Å². The zero-order valence-electron chi connectivity index (χ0n) is 15.4. The summed E-state index contributed by atoms with van der Waals surface area (Å²) in [5.41, 5.74) is -1.38. The molecule has 1 aromatic rings. The van der Waals surface area contributed by atoms with Crippen molar-refractivity contribution in [2.24, 2.45) is 0 Å². The van der Waals surface area contributed by atoms with Crippen molar-refractivity contribution in [1.82, 2.24) is 9.55 Å². The second-order valence-corrected chi connectivity index (χ2v) is 7.96. The van der Waals surface area contributed by atoms with Gasteiger partial charge >= 0.3 is 15.6 Å². The summed E-state index contributed by atoms with van der Waals surface area (Å²) in [7, 11) is -11.8. The highest BCUT2D eigenvalue weighted by molar-refractivity contribution is 7.71. The number of nitrogens with one attached hydrogen (secondary N) is 1. The molecule has 27 heavy (non-hydrogen) atoms. The number of hydrogen-bond donors (Lipinski definition) is 6. The molecule has 154 valence electrons. The zero-order chi connectivity index (χ0) is 23.5. The number of nitrogens with zero attached hydrogens (tertiary/aromatic N) is 1. The summed E-state index contributed by atoms with van der Waals surface area (Å²) in [5.74, 6) is -6.00. The maximum Gasteiger partial charge on any atom is 0.481 e. The molecule has 1 saturated heterocycles. The number of phosphoric ester groups is 1. The standard InChI is InChI=1S/C9H12F2N2O11P2S/c10-3-1-13(8(27)12-6(3)16)7-4(14)5(15)9(11,23-7)2-22-26(20,21)24-25(17,18)19/h1,4-5,7,14-15H,2H2,(H,20,21)(H,12,16,27)(H2,17,18,19)/t4-,5+,7-,9-/m1/s1/i2D2,7D. The van der Waals surface area contributed by atoms with E-state index in [0.717, 1.165) is 0 Å². The van der Waals surface area contributed by atoms with E-state index in [4.69, 9.17) is 13.9 Å². The number of aromatic nitrogens is 2. The molecule has 5 atom stereocenters. The summed E-state index contributed by atoms with van der Waals surface area (Å²) < 4.78 is 84.5.